The lowest BCUT2D eigenvalue weighted by Crippen LogP contribution is -2.28. The van der Waals surface area contributed by atoms with Crippen molar-refractivity contribution in [3.63, 3.8) is 0 Å². The molecule has 1 heterocycles. The molecule has 0 fully saturated rings. The minimum Gasteiger partial charge on any atom is -0.397 e. The number of nitrogens with two attached hydrogens (primary N) is 1. The topological polar surface area (TPSA) is 46.3 Å². The third-order valence-electron chi connectivity index (χ3n) is 2.87. The number of fused-ring (bicyclic) bond motifs is 1. The van der Waals surface area contributed by atoms with Crippen molar-refractivity contribution in [1.82, 2.24) is 4.90 Å². The van der Waals surface area contributed by atoms with Gasteiger partial charge in [-0.2, -0.15) is 11.8 Å². The Morgan fingerprint density at radius 2 is 2.26 bits per heavy atom. The van der Waals surface area contributed by atoms with Crippen LogP contribution in [0.3, 0.4) is 0 Å². The van der Waals surface area contributed by atoms with Crippen molar-refractivity contribution in [2.45, 2.75) is 0 Å². The van der Waals surface area contributed by atoms with Crippen molar-refractivity contribution in [3.05, 3.63) is 27.5 Å². The summed E-state index contributed by atoms with van der Waals surface area (Å²) >= 11 is 6.67. The highest BCUT2D eigenvalue weighted by atomic mass is 79.9. The predicted octanol–water partition coefficient (Wildman–Crippen LogP) is 3.68. The number of hydrogen-bond acceptors (Lipinski definition) is 4. The zero-order valence-electron chi connectivity index (χ0n) is 10.8. The average molecular weight is 359 g/mol. The first-order valence-electron chi connectivity index (χ1n) is 5.77. The van der Waals surface area contributed by atoms with Crippen LogP contribution in [0.5, 0.6) is 0 Å². The zero-order valence-corrected chi connectivity index (χ0v) is 14.0. The van der Waals surface area contributed by atoms with E-state index in [4.69, 9.17) is 5.73 Å². The molecule has 2 rings (SSSR count). The molecule has 0 radical (unpaired) electrons. The molecule has 0 atom stereocenters. The second-order valence-electron chi connectivity index (χ2n) is 4.18. The lowest BCUT2D eigenvalue weighted by Gasteiger charge is -2.15. The van der Waals surface area contributed by atoms with Gasteiger partial charge in [0, 0.05) is 33.9 Å². The van der Waals surface area contributed by atoms with Gasteiger partial charge in [-0.3, -0.25) is 4.79 Å². The highest BCUT2D eigenvalue weighted by Gasteiger charge is 2.20. The molecule has 19 heavy (non-hydrogen) atoms. The van der Waals surface area contributed by atoms with E-state index < -0.39 is 0 Å². The number of carbonyl (C=O) groups excluding carboxylic acids is 1. The average Bonchev–Trinajstić information content (AvgIpc) is 2.73. The van der Waals surface area contributed by atoms with Gasteiger partial charge in [0.05, 0.1) is 5.69 Å². The summed E-state index contributed by atoms with van der Waals surface area (Å²) < 4.78 is 1.97. The number of benzene rings is 1. The van der Waals surface area contributed by atoms with E-state index in [9.17, 15) is 4.79 Å². The van der Waals surface area contributed by atoms with E-state index in [1.165, 1.54) is 11.3 Å². The fourth-order valence-electron chi connectivity index (χ4n) is 1.79. The van der Waals surface area contributed by atoms with E-state index in [1.54, 1.807) is 16.7 Å². The number of anilines is 1. The molecule has 0 aliphatic rings. The predicted molar refractivity (Wildman–Crippen MR) is 89.3 cm³/mol. The minimum absolute atomic E-state index is 0.000324. The van der Waals surface area contributed by atoms with Crippen molar-refractivity contribution in [2.24, 2.45) is 0 Å². The molecule has 1 aromatic carbocycles. The van der Waals surface area contributed by atoms with Crippen molar-refractivity contribution >= 4 is 60.7 Å². The van der Waals surface area contributed by atoms with E-state index in [1.807, 2.05) is 31.5 Å². The zero-order chi connectivity index (χ0) is 14.0. The molecule has 0 saturated carbocycles. The molecule has 2 N–H and O–H groups in total. The third-order valence-corrected chi connectivity index (χ3v) is 5.28. The Morgan fingerprint density at radius 1 is 1.53 bits per heavy atom. The van der Waals surface area contributed by atoms with Crippen LogP contribution in [0.1, 0.15) is 9.67 Å². The molecule has 0 aliphatic heterocycles. The number of carbonyl (C=O) groups is 1. The van der Waals surface area contributed by atoms with E-state index in [2.05, 4.69) is 15.9 Å². The number of rotatable bonds is 4. The molecule has 1 amide bonds. The van der Waals surface area contributed by atoms with Gasteiger partial charge in [0.2, 0.25) is 0 Å². The van der Waals surface area contributed by atoms with Crippen molar-refractivity contribution < 1.29 is 4.79 Å². The Balaban J connectivity index is 2.38. The van der Waals surface area contributed by atoms with Crippen molar-refractivity contribution in [1.29, 1.82) is 0 Å². The minimum atomic E-state index is -0.000324. The summed E-state index contributed by atoms with van der Waals surface area (Å²) in [5.74, 6) is 0.927. The molecule has 1 aromatic heterocycles. The van der Waals surface area contributed by atoms with E-state index >= 15 is 0 Å². The Morgan fingerprint density at radius 3 is 2.89 bits per heavy atom. The summed E-state index contributed by atoms with van der Waals surface area (Å²) in [5.41, 5.74) is 6.71. The molecular formula is C13H15BrN2OS2. The molecule has 102 valence electrons. The largest absolute Gasteiger partial charge is 0.397 e. The van der Waals surface area contributed by atoms with E-state index in [0.717, 1.165) is 26.9 Å². The van der Waals surface area contributed by atoms with Crippen LogP contribution < -0.4 is 5.73 Å². The molecule has 3 nitrogen and oxygen atoms in total. The van der Waals surface area contributed by atoms with Gasteiger partial charge in [-0.15, -0.1) is 11.3 Å². The summed E-state index contributed by atoms with van der Waals surface area (Å²) in [7, 11) is 1.82. The van der Waals surface area contributed by atoms with Gasteiger partial charge >= 0.3 is 0 Å². The Kier molecular flexibility index (Phi) is 4.76. The fraction of sp³-hybridized carbons (Fsp3) is 0.308. The van der Waals surface area contributed by atoms with E-state index in [-0.39, 0.29) is 5.91 Å². The van der Waals surface area contributed by atoms with Crippen LogP contribution in [0.4, 0.5) is 5.69 Å². The first kappa shape index (κ1) is 14.7. The smallest absolute Gasteiger partial charge is 0.265 e. The number of thioether (sulfide) groups is 1. The van der Waals surface area contributed by atoms with Gasteiger partial charge in [-0.1, -0.05) is 22.0 Å². The molecule has 6 heteroatoms. The van der Waals surface area contributed by atoms with Gasteiger partial charge in [-0.05, 0) is 18.4 Å². The Labute approximate surface area is 129 Å². The number of halogens is 1. The van der Waals surface area contributed by atoms with Crippen LogP contribution in [0, 0.1) is 0 Å². The monoisotopic (exact) mass is 358 g/mol. The number of hydrogen-bond donors (Lipinski definition) is 1. The highest BCUT2D eigenvalue weighted by molar-refractivity contribution is 9.10. The summed E-state index contributed by atoms with van der Waals surface area (Å²) in [6.45, 7) is 0.731. The second-order valence-corrected chi connectivity index (χ2v) is 7.07. The van der Waals surface area contributed by atoms with Gasteiger partial charge in [0.1, 0.15) is 4.88 Å². The summed E-state index contributed by atoms with van der Waals surface area (Å²) in [4.78, 5) is 14.7. The molecule has 0 spiro atoms. The van der Waals surface area contributed by atoms with Crippen molar-refractivity contribution in [3.8, 4) is 0 Å². The standard InChI is InChI=1S/C13H15BrN2OS2/c1-16(6-7-18-2)13(17)12-11(15)10-8(14)4-3-5-9(10)19-12/h3-5H,6-7,15H2,1-2H3. The Hall–Kier alpha value is -0.720. The number of nitrogens with zero attached hydrogens (tertiary/aromatic N) is 1. The summed E-state index contributed by atoms with van der Waals surface area (Å²) in [5, 5.41) is 0.939. The van der Waals surface area contributed by atoms with Gasteiger partial charge in [0.25, 0.3) is 5.91 Å². The molecule has 2 aromatic rings. The maximum atomic E-state index is 12.4. The van der Waals surface area contributed by atoms with Crippen LogP contribution >= 0.6 is 39.0 Å². The van der Waals surface area contributed by atoms with Crippen LogP contribution in [0.15, 0.2) is 22.7 Å². The number of nitrogen functional groups attached to an aromatic ring is 1. The van der Waals surface area contributed by atoms with Gasteiger partial charge in [0.15, 0.2) is 0 Å². The van der Waals surface area contributed by atoms with Gasteiger partial charge in [-0.25, -0.2) is 0 Å². The maximum Gasteiger partial charge on any atom is 0.265 e. The highest BCUT2D eigenvalue weighted by Crippen LogP contribution is 2.38. The van der Waals surface area contributed by atoms with Crippen LogP contribution in [0.25, 0.3) is 10.1 Å². The van der Waals surface area contributed by atoms with Crippen LogP contribution in [-0.2, 0) is 0 Å². The lowest BCUT2D eigenvalue weighted by molar-refractivity contribution is 0.0809. The molecule has 0 unspecified atom stereocenters. The Bertz CT molecular complexity index is 612. The first-order chi connectivity index (χ1) is 9.06. The lowest BCUT2D eigenvalue weighted by atomic mass is 10.2. The van der Waals surface area contributed by atoms with Crippen LogP contribution in [-0.4, -0.2) is 36.4 Å². The summed E-state index contributed by atoms with van der Waals surface area (Å²) in [6, 6.07) is 5.88. The second kappa shape index (κ2) is 6.15. The van der Waals surface area contributed by atoms with Gasteiger partial charge < -0.3 is 10.6 Å². The SMILES string of the molecule is CSCCN(C)C(=O)c1sc2cccc(Br)c2c1N. The first-order valence-corrected chi connectivity index (χ1v) is 8.77. The number of amides is 1. The van der Waals surface area contributed by atoms with Crippen molar-refractivity contribution in [2.75, 3.05) is 31.3 Å². The molecule has 0 saturated heterocycles. The fourth-order valence-corrected chi connectivity index (χ4v) is 4.10. The quantitative estimate of drug-likeness (QED) is 0.906. The summed E-state index contributed by atoms with van der Waals surface area (Å²) in [6.07, 6.45) is 2.03. The molecule has 0 bridgehead atoms. The normalized spacial score (nSPS) is 10.9. The van der Waals surface area contributed by atoms with Crippen LogP contribution in [0.2, 0.25) is 0 Å². The third kappa shape index (κ3) is 2.90. The van der Waals surface area contributed by atoms with E-state index in [0.29, 0.717) is 10.6 Å². The maximum absolute atomic E-state index is 12.4. The molecular weight excluding hydrogens is 344 g/mol. The molecule has 0 aliphatic carbocycles. The number of thiophene rings is 1.